The molecule has 2 aromatic heterocycles. The Morgan fingerprint density at radius 1 is 1.04 bits per heavy atom. The fourth-order valence-corrected chi connectivity index (χ4v) is 7.41. The number of nitriles is 1. The van der Waals surface area contributed by atoms with Gasteiger partial charge in [-0.25, -0.2) is 14.1 Å². The Morgan fingerprint density at radius 2 is 1.71 bits per heavy atom. The molecule has 7 atom stereocenters. The van der Waals surface area contributed by atoms with Crippen LogP contribution in [0.15, 0.2) is 42.7 Å². The maximum Gasteiger partial charge on any atom is 0.459 e. The van der Waals surface area contributed by atoms with E-state index in [1.54, 1.807) is 45.9 Å². The highest BCUT2D eigenvalue weighted by molar-refractivity contribution is 7.52. The normalized spacial score (nSPS) is 24.3. The zero-order valence-electron chi connectivity index (χ0n) is 32.2. The van der Waals surface area contributed by atoms with Gasteiger partial charge in [0.05, 0.1) is 37.4 Å². The largest absolute Gasteiger partial charge is 0.459 e. The molecule has 0 radical (unpaired) electrons. The molecule has 0 unspecified atom stereocenters. The molecule has 3 N–H and O–H groups in total. The highest BCUT2D eigenvalue weighted by atomic mass is 31.2. The molecule has 5 rings (SSSR count). The third-order valence-electron chi connectivity index (χ3n) is 9.10. The number of hydrogen-bond donors (Lipinski definition) is 2. The fraction of sp³-hybridized carbons (Fsp3) is 0.568. The molecule has 2 aliphatic heterocycles. The molecular formula is C37H49N6O11P. The Balaban J connectivity index is 1.53. The maximum absolute atomic E-state index is 14.7. The second-order valence-corrected chi connectivity index (χ2v) is 16.9. The molecule has 0 saturated carbocycles. The van der Waals surface area contributed by atoms with Crippen LogP contribution in [0.5, 0.6) is 5.75 Å². The lowest BCUT2D eigenvalue weighted by atomic mass is 9.87. The third kappa shape index (κ3) is 9.28. The van der Waals surface area contributed by atoms with Crippen molar-refractivity contribution in [3.8, 4) is 11.8 Å². The zero-order valence-corrected chi connectivity index (χ0v) is 33.1. The summed E-state index contributed by atoms with van der Waals surface area (Å²) in [6.45, 7) is 14.0. The molecule has 2 aliphatic rings. The fourth-order valence-electron chi connectivity index (χ4n) is 5.91. The van der Waals surface area contributed by atoms with Crippen LogP contribution in [0.25, 0.3) is 5.52 Å². The Kier molecular flexibility index (Phi) is 12.6. The van der Waals surface area contributed by atoms with E-state index in [2.05, 4.69) is 21.2 Å². The van der Waals surface area contributed by atoms with E-state index in [-0.39, 0.29) is 29.3 Å². The van der Waals surface area contributed by atoms with Gasteiger partial charge >= 0.3 is 25.7 Å². The van der Waals surface area contributed by atoms with E-state index in [9.17, 15) is 24.2 Å². The monoisotopic (exact) mass is 784 g/mol. The lowest BCUT2D eigenvalue weighted by molar-refractivity contribution is -0.173. The standard InChI is InChI=1S/C37H49N6O11P/c1-21(2)33(44)51-30-28(53-37(19-38,31(30)52-34(45)22(3)4)29-14-13-27-32(39)40-20-41-43(27)29)18-49-55(47,42-23(5)35(46)50-26-15-16-48-17-26)54-25-11-9-24(10-12-25)36(6,7)8/h9-14,20-23,26,28,30-31H,15-18H2,1-8H3,(H,42,47)(H2,39,40,41)/t23-,26-,28+,30+,31+,37-,55-/m0/s1. The lowest BCUT2D eigenvalue weighted by Gasteiger charge is -2.29. The number of nitrogens with one attached hydrogen (secondary N) is 1. The molecule has 1 aromatic carbocycles. The van der Waals surface area contributed by atoms with Crippen LogP contribution < -0.4 is 15.3 Å². The number of fused-ring (bicyclic) bond motifs is 1. The van der Waals surface area contributed by atoms with Gasteiger partial charge in [-0.15, -0.1) is 0 Å². The van der Waals surface area contributed by atoms with Crippen molar-refractivity contribution in [2.75, 3.05) is 25.6 Å². The molecule has 0 aliphatic carbocycles. The predicted octanol–water partition coefficient (Wildman–Crippen LogP) is 4.38. The van der Waals surface area contributed by atoms with Gasteiger partial charge in [0.25, 0.3) is 0 Å². The number of carbonyl (C=O) groups excluding carboxylic acids is 3. The van der Waals surface area contributed by atoms with Gasteiger partial charge in [-0.1, -0.05) is 60.6 Å². The van der Waals surface area contributed by atoms with Crippen molar-refractivity contribution in [2.24, 2.45) is 11.8 Å². The van der Waals surface area contributed by atoms with Gasteiger partial charge in [0.15, 0.2) is 18.0 Å². The summed E-state index contributed by atoms with van der Waals surface area (Å²) in [5.74, 6) is -3.20. The first-order valence-corrected chi connectivity index (χ1v) is 19.6. The minimum absolute atomic E-state index is 0.0810. The van der Waals surface area contributed by atoms with E-state index in [1.807, 2.05) is 32.9 Å². The average Bonchev–Trinajstić information content (AvgIpc) is 3.87. The molecule has 17 nitrogen and oxygen atoms in total. The molecule has 18 heteroatoms. The molecule has 3 aromatic rings. The zero-order chi connectivity index (χ0) is 40.3. The number of carbonyl (C=O) groups is 3. The van der Waals surface area contributed by atoms with Crippen molar-refractivity contribution >= 4 is 37.0 Å². The molecule has 55 heavy (non-hydrogen) atoms. The number of benzene rings is 1. The molecular weight excluding hydrogens is 735 g/mol. The molecule has 0 spiro atoms. The minimum atomic E-state index is -4.54. The lowest BCUT2D eigenvalue weighted by Crippen LogP contribution is -2.47. The Morgan fingerprint density at radius 3 is 2.31 bits per heavy atom. The predicted molar refractivity (Wildman–Crippen MR) is 196 cm³/mol. The summed E-state index contributed by atoms with van der Waals surface area (Å²) >= 11 is 0. The van der Waals surface area contributed by atoms with Gasteiger partial charge in [-0.3, -0.25) is 18.9 Å². The Labute approximate surface area is 319 Å². The van der Waals surface area contributed by atoms with Crippen LogP contribution in [0.3, 0.4) is 0 Å². The highest BCUT2D eigenvalue weighted by Gasteiger charge is 2.63. The second kappa shape index (κ2) is 16.6. The van der Waals surface area contributed by atoms with Crippen LogP contribution in [0.2, 0.25) is 0 Å². The summed E-state index contributed by atoms with van der Waals surface area (Å²) in [5.41, 5.74) is 5.12. The minimum Gasteiger partial charge on any atom is -0.459 e. The van der Waals surface area contributed by atoms with Crippen molar-refractivity contribution in [3.05, 3.63) is 54.0 Å². The molecule has 4 heterocycles. The Hall–Kier alpha value is -4.59. The summed E-state index contributed by atoms with van der Waals surface area (Å²) < 4.78 is 57.1. The summed E-state index contributed by atoms with van der Waals surface area (Å²) in [7, 11) is -4.54. The van der Waals surface area contributed by atoms with Gasteiger partial charge in [0.1, 0.15) is 41.9 Å². The van der Waals surface area contributed by atoms with Crippen LogP contribution in [0.4, 0.5) is 5.82 Å². The Bertz CT molecular complexity index is 1950. The van der Waals surface area contributed by atoms with Crippen molar-refractivity contribution < 1.29 is 51.7 Å². The SMILES string of the molecule is CC(C)C(=O)O[C@H]1[C@@H](OC(=O)C(C)C)[C@](C#N)(c2ccc3c(N)ncnn23)O[C@@H]1CO[P@@](=O)(N[C@@H](C)C(=O)O[C@H]1CCOC1)Oc1ccc(C(C)(C)C)cc1. The molecule has 2 fully saturated rings. The van der Waals surface area contributed by atoms with Crippen LogP contribution in [0.1, 0.15) is 73.1 Å². The number of nitrogen functional groups attached to an aromatic ring is 1. The quantitative estimate of drug-likeness (QED) is 0.131. The van der Waals surface area contributed by atoms with Gasteiger partial charge in [-0.05, 0) is 42.2 Å². The van der Waals surface area contributed by atoms with E-state index < -0.39 is 80.2 Å². The number of ether oxygens (including phenoxy) is 5. The van der Waals surface area contributed by atoms with Gasteiger partial charge in [0, 0.05) is 6.42 Å². The van der Waals surface area contributed by atoms with Crippen LogP contribution in [-0.2, 0) is 58.2 Å². The molecule has 298 valence electrons. The van der Waals surface area contributed by atoms with Crippen molar-refractivity contribution in [3.63, 3.8) is 0 Å². The van der Waals surface area contributed by atoms with E-state index in [0.717, 1.165) is 5.56 Å². The van der Waals surface area contributed by atoms with Crippen LogP contribution in [0, 0.1) is 23.2 Å². The first kappa shape index (κ1) is 41.6. The summed E-state index contributed by atoms with van der Waals surface area (Å²) in [6.07, 6.45) is -3.25. The smallest absolute Gasteiger partial charge is 0.459 e. The first-order chi connectivity index (χ1) is 25.9. The number of anilines is 1. The summed E-state index contributed by atoms with van der Waals surface area (Å²) in [5, 5.41) is 17.8. The van der Waals surface area contributed by atoms with Crippen LogP contribution >= 0.6 is 7.75 Å². The van der Waals surface area contributed by atoms with Gasteiger partial charge < -0.3 is 33.9 Å². The van der Waals surface area contributed by atoms with Crippen molar-refractivity contribution in [2.45, 2.75) is 103 Å². The van der Waals surface area contributed by atoms with Crippen LogP contribution in [-0.4, -0.2) is 82.8 Å². The topological polar surface area (TPSA) is 225 Å². The number of hydrogen-bond acceptors (Lipinski definition) is 15. The number of rotatable bonds is 14. The number of nitrogens with zero attached hydrogens (tertiary/aromatic N) is 4. The van der Waals surface area contributed by atoms with E-state index >= 15 is 0 Å². The first-order valence-electron chi connectivity index (χ1n) is 18.1. The summed E-state index contributed by atoms with van der Waals surface area (Å²) in [6, 6.07) is 10.8. The number of esters is 3. The average molecular weight is 785 g/mol. The number of nitrogens with two attached hydrogens (primary N) is 1. The number of aromatic nitrogens is 3. The molecule has 2 saturated heterocycles. The molecule has 0 amide bonds. The molecule has 0 bridgehead atoms. The second-order valence-electron chi connectivity index (χ2n) is 15.2. The van der Waals surface area contributed by atoms with E-state index in [0.29, 0.717) is 18.5 Å². The third-order valence-corrected chi connectivity index (χ3v) is 10.7. The van der Waals surface area contributed by atoms with Gasteiger partial charge in [0.2, 0.25) is 5.60 Å². The van der Waals surface area contributed by atoms with Crippen molar-refractivity contribution in [1.29, 1.82) is 5.26 Å². The van der Waals surface area contributed by atoms with E-state index in [4.69, 9.17) is 38.5 Å². The van der Waals surface area contributed by atoms with Gasteiger partial charge in [-0.2, -0.15) is 15.4 Å². The maximum atomic E-state index is 14.7. The highest BCUT2D eigenvalue weighted by Crippen LogP contribution is 2.49. The van der Waals surface area contributed by atoms with E-state index in [1.165, 1.54) is 23.8 Å². The summed E-state index contributed by atoms with van der Waals surface area (Å²) in [4.78, 5) is 43.6. The van der Waals surface area contributed by atoms with Crippen molar-refractivity contribution in [1.82, 2.24) is 19.7 Å².